The van der Waals surface area contributed by atoms with Gasteiger partial charge in [-0.3, -0.25) is 5.01 Å². The zero-order valence-electron chi connectivity index (χ0n) is 12.8. The number of rotatable bonds is 4. The number of hydrogen-bond donors (Lipinski definition) is 0. The molecule has 0 amide bonds. The minimum Gasteiger partial charge on any atom is -0.257 e. The van der Waals surface area contributed by atoms with Crippen molar-refractivity contribution < 1.29 is 0 Å². The van der Waals surface area contributed by atoms with Crippen molar-refractivity contribution in [2.24, 2.45) is 5.10 Å². The van der Waals surface area contributed by atoms with E-state index < -0.39 is 0 Å². The molecule has 2 aromatic heterocycles. The molecule has 0 bridgehead atoms. The summed E-state index contributed by atoms with van der Waals surface area (Å²) in [5.41, 5.74) is 2.16. The van der Waals surface area contributed by atoms with Crippen LogP contribution < -0.4 is 5.01 Å². The lowest BCUT2D eigenvalue weighted by Gasteiger charge is -2.22. The molecule has 1 aromatic carbocycles. The maximum absolute atomic E-state index is 6.03. The van der Waals surface area contributed by atoms with E-state index in [1.807, 2.05) is 24.3 Å². The third kappa shape index (κ3) is 3.31. The Balaban J connectivity index is 1.64. The van der Waals surface area contributed by atoms with Gasteiger partial charge in [0.2, 0.25) is 0 Å². The average molecular weight is 371 g/mol. The first-order valence-corrected chi connectivity index (χ1v) is 9.80. The molecule has 0 saturated carbocycles. The Kier molecular flexibility index (Phi) is 4.52. The summed E-state index contributed by atoms with van der Waals surface area (Å²) in [5.74, 6) is 0. The molecular weight excluding hydrogens is 356 g/mol. The van der Waals surface area contributed by atoms with Crippen LogP contribution in [0, 0.1) is 0 Å². The summed E-state index contributed by atoms with van der Waals surface area (Å²) in [6.45, 7) is 0. The predicted molar refractivity (Wildman–Crippen MR) is 106 cm³/mol. The number of allylic oxidation sites excluding steroid dienone is 1. The average Bonchev–Trinajstić information content (AvgIpc) is 3.34. The van der Waals surface area contributed by atoms with Crippen LogP contribution >= 0.6 is 34.3 Å². The molecule has 24 heavy (non-hydrogen) atoms. The highest BCUT2D eigenvalue weighted by Crippen LogP contribution is 2.37. The van der Waals surface area contributed by atoms with Crippen LogP contribution in [0.15, 0.2) is 70.5 Å². The standard InChI is InChI=1S/C19H15ClN2S2/c20-14-5-8-16(9-6-14)22-18(19-4-2-12-24-19)13-15(21-22)7-10-17-3-1-11-23-17/h1-12,18H,13H2/b10-7+/t18-/m0/s1. The summed E-state index contributed by atoms with van der Waals surface area (Å²) in [6.07, 6.45) is 5.17. The minimum atomic E-state index is 0.245. The van der Waals surface area contributed by atoms with E-state index in [9.17, 15) is 0 Å². The molecule has 0 unspecified atom stereocenters. The van der Waals surface area contributed by atoms with Crippen LogP contribution in [0.1, 0.15) is 22.2 Å². The molecule has 0 radical (unpaired) electrons. The number of nitrogens with zero attached hydrogens (tertiary/aromatic N) is 2. The van der Waals surface area contributed by atoms with E-state index in [4.69, 9.17) is 16.7 Å². The van der Waals surface area contributed by atoms with Crippen molar-refractivity contribution in [2.75, 3.05) is 5.01 Å². The predicted octanol–water partition coefficient (Wildman–Crippen LogP) is 6.48. The van der Waals surface area contributed by atoms with E-state index >= 15 is 0 Å². The van der Waals surface area contributed by atoms with Crippen LogP contribution in [0.25, 0.3) is 6.08 Å². The summed E-state index contributed by atoms with van der Waals surface area (Å²) >= 11 is 9.54. The molecule has 1 atom stereocenters. The number of anilines is 1. The molecule has 3 heterocycles. The summed E-state index contributed by atoms with van der Waals surface area (Å²) in [4.78, 5) is 2.57. The van der Waals surface area contributed by atoms with Gasteiger partial charge in [0.05, 0.1) is 17.4 Å². The molecule has 3 aromatic rings. The second-order valence-electron chi connectivity index (χ2n) is 5.50. The number of thiophene rings is 2. The Bertz CT molecular complexity index is 849. The van der Waals surface area contributed by atoms with Gasteiger partial charge in [0.1, 0.15) is 0 Å². The normalized spacial score (nSPS) is 17.6. The molecule has 4 rings (SSSR count). The molecule has 0 N–H and O–H groups in total. The highest BCUT2D eigenvalue weighted by Gasteiger charge is 2.28. The fourth-order valence-corrected chi connectivity index (χ4v) is 4.29. The van der Waals surface area contributed by atoms with E-state index in [1.54, 1.807) is 22.7 Å². The van der Waals surface area contributed by atoms with Gasteiger partial charge in [-0.05, 0) is 59.3 Å². The Morgan fingerprint density at radius 3 is 2.50 bits per heavy atom. The first kappa shape index (κ1) is 15.6. The SMILES string of the molecule is Clc1ccc(N2N=C(/C=C/c3cccs3)C[C@H]2c2cccs2)cc1. The van der Waals surface area contributed by atoms with Crippen LogP contribution in [0.5, 0.6) is 0 Å². The lowest BCUT2D eigenvalue weighted by atomic mass is 10.1. The van der Waals surface area contributed by atoms with E-state index in [1.165, 1.54) is 9.75 Å². The van der Waals surface area contributed by atoms with Crippen LogP contribution in [0.4, 0.5) is 5.69 Å². The fourth-order valence-electron chi connectivity index (χ4n) is 2.73. The van der Waals surface area contributed by atoms with E-state index in [0.717, 1.165) is 22.8 Å². The molecule has 0 saturated heterocycles. The van der Waals surface area contributed by atoms with Crippen LogP contribution in [-0.2, 0) is 0 Å². The number of halogens is 1. The topological polar surface area (TPSA) is 15.6 Å². The molecule has 0 aliphatic carbocycles. The Morgan fingerprint density at radius 1 is 1.00 bits per heavy atom. The smallest absolute Gasteiger partial charge is 0.0923 e. The van der Waals surface area contributed by atoms with Crippen LogP contribution in [0.2, 0.25) is 5.02 Å². The molecule has 2 nitrogen and oxygen atoms in total. The van der Waals surface area contributed by atoms with Crippen molar-refractivity contribution in [2.45, 2.75) is 12.5 Å². The van der Waals surface area contributed by atoms with E-state index in [0.29, 0.717) is 0 Å². The number of hydrogen-bond acceptors (Lipinski definition) is 4. The minimum absolute atomic E-state index is 0.245. The molecular formula is C19H15ClN2S2. The Morgan fingerprint density at radius 2 is 1.79 bits per heavy atom. The fraction of sp³-hybridized carbons (Fsp3) is 0.105. The molecule has 1 aliphatic heterocycles. The van der Waals surface area contributed by atoms with Gasteiger partial charge in [0.15, 0.2) is 0 Å². The maximum Gasteiger partial charge on any atom is 0.0923 e. The molecule has 120 valence electrons. The first-order valence-electron chi connectivity index (χ1n) is 7.67. The lowest BCUT2D eigenvalue weighted by Crippen LogP contribution is -2.17. The van der Waals surface area contributed by atoms with Gasteiger partial charge < -0.3 is 0 Å². The highest BCUT2D eigenvalue weighted by atomic mass is 35.5. The maximum atomic E-state index is 6.03. The Hall–Kier alpha value is -1.88. The largest absolute Gasteiger partial charge is 0.257 e. The van der Waals surface area contributed by atoms with Crippen molar-refractivity contribution in [3.63, 3.8) is 0 Å². The monoisotopic (exact) mass is 370 g/mol. The second-order valence-corrected chi connectivity index (χ2v) is 7.89. The highest BCUT2D eigenvalue weighted by molar-refractivity contribution is 7.10. The van der Waals surface area contributed by atoms with Crippen molar-refractivity contribution in [1.29, 1.82) is 0 Å². The van der Waals surface area contributed by atoms with Crippen molar-refractivity contribution in [1.82, 2.24) is 0 Å². The van der Waals surface area contributed by atoms with E-state index in [-0.39, 0.29) is 6.04 Å². The zero-order chi connectivity index (χ0) is 16.4. The van der Waals surface area contributed by atoms with Gasteiger partial charge in [-0.1, -0.05) is 23.7 Å². The second kappa shape index (κ2) is 6.93. The molecule has 0 spiro atoms. The third-order valence-corrected chi connectivity index (χ3v) is 5.94. The third-order valence-electron chi connectivity index (χ3n) is 3.88. The summed E-state index contributed by atoms with van der Waals surface area (Å²) < 4.78 is 0. The first-order chi connectivity index (χ1) is 11.8. The summed E-state index contributed by atoms with van der Waals surface area (Å²) in [7, 11) is 0. The van der Waals surface area contributed by atoms with Gasteiger partial charge >= 0.3 is 0 Å². The lowest BCUT2D eigenvalue weighted by molar-refractivity contribution is 0.722. The summed E-state index contributed by atoms with van der Waals surface area (Å²) in [6, 6.07) is 16.6. The number of hydrazone groups is 1. The van der Waals surface area contributed by atoms with E-state index in [2.05, 4.69) is 52.2 Å². The quantitative estimate of drug-likeness (QED) is 0.512. The zero-order valence-corrected chi connectivity index (χ0v) is 15.2. The van der Waals surface area contributed by atoms with Gasteiger partial charge in [0.25, 0.3) is 0 Å². The Labute approximate surface area is 154 Å². The van der Waals surface area contributed by atoms with Gasteiger partial charge in [-0.15, -0.1) is 22.7 Å². The van der Waals surface area contributed by atoms with Gasteiger partial charge in [0, 0.05) is 21.2 Å². The number of benzene rings is 1. The van der Waals surface area contributed by atoms with Gasteiger partial charge in [-0.25, -0.2) is 0 Å². The van der Waals surface area contributed by atoms with Crippen LogP contribution in [0.3, 0.4) is 0 Å². The summed E-state index contributed by atoms with van der Waals surface area (Å²) in [5, 5.41) is 11.9. The molecule has 5 heteroatoms. The van der Waals surface area contributed by atoms with Gasteiger partial charge in [-0.2, -0.15) is 5.10 Å². The molecule has 1 aliphatic rings. The van der Waals surface area contributed by atoms with Crippen molar-refractivity contribution >= 4 is 51.7 Å². The van der Waals surface area contributed by atoms with Crippen LogP contribution in [-0.4, -0.2) is 5.71 Å². The molecule has 0 fully saturated rings. The van der Waals surface area contributed by atoms with Crippen molar-refractivity contribution in [3.05, 3.63) is 80.1 Å². The van der Waals surface area contributed by atoms with Crippen molar-refractivity contribution in [3.8, 4) is 0 Å².